The van der Waals surface area contributed by atoms with Crippen molar-refractivity contribution in [1.29, 1.82) is 0 Å². The molecule has 0 aromatic carbocycles. The average Bonchev–Trinajstić information content (AvgIpc) is 2.75. The molecule has 0 bridgehead atoms. The maximum absolute atomic E-state index is 12.0. The summed E-state index contributed by atoms with van der Waals surface area (Å²) in [6, 6.07) is 1.95. The van der Waals surface area contributed by atoms with Gasteiger partial charge in [-0.25, -0.2) is 4.79 Å². The van der Waals surface area contributed by atoms with Gasteiger partial charge in [-0.05, 0) is 31.4 Å². The minimum Gasteiger partial charge on any atom is -0.323 e. The van der Waals surface area contributed by atoms with E-state index in [1.807, 2.05) is 17.9 Å². The van der Waals surface area contributed by atoms with Crippen LogP contribution in [0.5, 0.6) is 0 Å². The summed E-state index contributed by atoms with van der Waals surface area (Å²) in [5, 5.41) is 2.92. The number of aryl methyl sites for hydroxylation is 1. The molecule has 2 fully saturated rings. The molecule has 2 aliphatic rings. The Kier molecular flexibility index (Phi) is 2.73. The minimum absolute atomic E-state index is 0.0138. The van der Waals surface area contributed by atoms with Gasteiger partial charge >= 0.3 is 6.03 Å². The molecule has 0 atom stereocenters. The molecule has 1 aliphatic heterocycles. The predicted molar refractivity (Wildman–Crippen MR) is 70.5 cm³/mol. The van der Waals surface area contributed by atoms with Crippen LogP contribution in [0.3, 0.4) is 0 Å². The lowest BCUT2D eigenvalue weighted by Crippen LogP contribution is -2.58. The largest absolute Gasteiger partial charge is 0.323 e. The highest BCUT2D eigenvalue weighted by atomic mass is 16.2. The molecule has 1 spiro atoms. The van der Waals surface area contributed by atoms with Crippen molar-refractivity contribution in [2.75, 3.05) is 18.4 Å². The zero-order chi connectivity index (χ0) is 12.6. The Balaban J connectivity index is 1.57. The Hall–Kier alpha value is -1.58. The Bertz CT molecular complexity index is 458. The number of amides is 2. The van der Waals surface area contributed by atoms with Gasteiger partial charge in [0.05, 0.1) is 11.9 Å². The number of carbonyl (C=O) groups is 1. The van der Waals surface area contributed by atoms with Gasteiger partial charge in [-0.1, -0.05) is 12.8 Å². The van der Waals surface area contributed by atoms with Crippen molar-refractivity contribution >= 4 is 11.7 Å². The second kappa shape index (κ2) is 4.26. The smallest absolute Gasteiger partial charge is 0.321 e. The van der Waals surface area contributed by atoms with Gasteiger partial charge in [0.1, 0.15) is 0 Å². The quantitative estimate of drug-likeness (QED) is 0.827. The Labute approximate surface area is 107 Å². The molecule has 1 aromatic heterocycles. The van der Waals surface area contributed by atoms with Crippen LogP contribution in [0.2, 0.25) is 0 Å². The SMILES string of the molecule is Cc1cncc(NC(=O)N2CC3(CCCC3)C2)c1. The van der Waals surface area contributed by atoms with Crippen LogP contribution in [0.4, 0.5) is 10.5 Å². The summed E-state index contributed by atoms with van der Waals surface area (Å²) in [7, 11) is 0. The summed E-state index contributed by atoms with van der Waals surface area (Å²) in [6.45, 7) is 3.83. The fraction of sp³-hybridized carbons (Fsp3) is 0.571. The molecule has 2 amide bonds. The fourth-order valence-electron chi connectivity index (χ4n) is 3.17. The zero-order valence-electron chi connectivity index (χ0n) is 10.8. The first-order valence-corrected chi connectivity index (χ1v) is 6.65. The number of nitrogens with zero attached hydrogens (tertiary/aromatic N) is 2. The highest BCUT2D eigenvalue weighted by Crippen LogP contribution is 2.45. The van der Waals surface area contributed by atoms with Crippen LogP contribution in [-0.4, -0.2) is 29.0 Å². The van der Waals surface area contributed by atoms with Gasteiger partial charge in [0.15, 0.2) is 0 Å². The number of urea groups is 1. The number of hydrogen-bond acceptors (Lipinski definition) is 2. The van der Waals surface area contributed by atoms with Crippen molar-refractivity contribution < 1.29 is 4.79 Å². The van der Waals surface area contributed by atoms with Crippen molar-refractivity contribution in [3.8, 4) is 0 Å². The Morgan fingerprint density at radius 3 is 2.72 bits per heavy atom. The van der Waals surface area contributed by atoms with E-state index in [0.717, 1.165) is 24.3 Å². The van der Waals surface area contributed by atoms with Crippen molar-refractivity contribution in [3.63, 3.8) is 0 Å². The highest BCUT2D eigenvalue weighted by molar-refractivity contribution is 5.89. The van der Waals surface area contributed by atoms with E-state index in [1.54, 1.807) is 12.4 Å². The fourth-order valence-corrected chi connectivity index (χ4v) is 3.17. The molecular formula is C14H19N3O. The summed E-state index contributed by atoms with van der Waals surface area (Å²) < 4.78 is 0. The molecular weight excluding hydrogens is 226 g/mol. The molecule has 1 N–H and O–H groups in total. The lowest BCUT2D eigenvalue weighted by Gasteiger charge is -2.48. The molecule has 4 heteroatoms. The van der Waals surface area contributed by atoms with E-state index in [1.165, 1.54) is 25.7 Å². The standard InChI is InChI=1S/C14H19N3O/c1-11-6-12(8-15-7-11)16-13(18)17-9-14(10-17)4-2-3-5-14/h6-8H,2-5,9-10H2,1H3,(H,16,18). The molecule has 4 nitrogen and oxygen atoms in total. The molecule has 0 radical (unpaired) electrons. The van der Waals surface area contributed by atoms with E-state index >= 15 is 0 Å². The third-order valence-corrected chi connectivity index (χ3v) is 4.13. The van der Waals surface area contributed by atoms with Crippen LogP contribution in [0, 0.1) is 12.3 Å². The average molecular weight is 245 g/mol. The van der Waals surface area contributed by atoms with Gasteiger partial charge in [-0.3, -0.25) is 4.98 Å². The van der Waals surface area contributed by atoms with Gasteiger partial charge in [0.2, 0.25) is 0 Å². The molecule has 1 saturated carbocycles. The number of carbonyl (C=O) groups excluding carboxylic acids is 1. The van der Waals surface area contributed by atoms with Crippen molar-refractivity contribution in [2.24, 2.45) is 5.41 Å². The van der Waals surface area contributed by atoms with Gasteiger partial charge in [0, 0.05) is 24.7 Å². The van der Waals surface area contributed by atoms with Crippen LogP contribution >= 0.6 is 0 Å². The van der Waals surface area contributed by atoms with Crippen molar-refractivity contribution in [3.05, 3.63) is 24.0 Å². The van der Waals surface area contributed by atoms with Gasteiger partial charge in [0.25, 0.3) is 0 Å². The van der Waals surface area contributed by atoms with Gasteiger partial charge in [-0.2, -0.15) is 0 Å². The zero-order valence-corrected chi connectivity index (χ0v) is 10.8. The van der Waals surface area contributed by atoms with E-state index in [4.69, 9.17) is 0 Å². The van der Waals surface area contributed by atoms with Gasteiger partial charge in [-0.15, -0.1) is 0 Å². The predicted octanol–water partition coefficient (Wildman–Crippen LogP) is 2.80. The maximum Gasteiger partial charge on any atom is 0.321 e. The van der Waals surface area contributed by atoms with E-state index < -0.39 is 0 Å². The number of rotatable bonds is 1. The lowest BCUT2D eigenvalue weighted by molar-refractivity contribution is 0.0430. The first kappa shape index (κ1) is 11.5. The summed E-state index contributed by atoms with van der Waals surface area (Å²) in [4.78, 5) is 18.0. The van der Waals surface area contributed by atoms with Crippen LogP contribution in [-0.2, 0) is 0 Å². The third kappa shape index (κ3) is 2.07. The van der Waals surface area contributed by atoms with Crippen LogP contribution in [0.15, 0.2) is 18.5 Å². The Morgan fingerprint density at radius 1 is 1.33 bits per heavy atom. The van der Waals surface area contributed by atoms with Crippen LogP contribution in [0.25, 0.3) is 0 Å². The van der Waals surface area contributed by atoms with Gasteiger partial charge < -0.3 is 10.2 Å². The first-order valence-electron chi connectivity index (χ1n) is 6.65. The van der Waals surface area contributed by atoms with Crippen LogP contribution in [0.1, 0.15) is 31.2 Å². The van der Waals surface area contributed by atoms with Crippen molar-refractivity contribution in [2.45, 2.75) is 32.6 Å². The molecule has 1 aromatic rings. The van der Waals surface area contributed by atoms with Crippen molar-refractivity contribution in [1.82, 2.24) is 9.88 Å². The monoisotopic (exact) mass is 245 g/mol. The van der Waals surface area contributed by atoms with E-state index in [-0.39, 0.29) is 6.03 Å². The topological polar surface area (TPSA) is 45.2 Å². The first-order chi connectivity index (χ1) is 8.67. The number of aromatic nitrogens is 1. The number of anilines is 1. The molecule has 96 valence electrons. The third-order valence-electron chi connectivity index (χ3n) is 4.13. The number of likely N-dealkylation sites (tertiary alicyclic amines) is 1. The highest BCUT2D eigenvalue weighted by Gasteiger charge is 2.46. The Morgan fingerprint density at radius 2 is 2.06 bits per heavy atom. The normalized spacial score (nSPS) is 20.8. The molecule has 3 rings (SSSR count). The summed E-state index contributed by atoms with van der Waals surface area (Å²) in [5.41, 5.74) is 2.30. The molecule has 1 saturated heterocycles. The maximum atomic E-state index is 12.0. The molecule has 18 heavy (non-hydrogen) atoms. The second-order valence-electron chi connectivity index (χ2n) is 5.74. The molecule has 2 heterocycles. The minimum atomic E-state index is 0.0138. The summed E-state index contributed by atoms with van der Waals surface area (Å²) in [5.74, 6) is 0. The molecule has 1 aliphatic carbocycles. The summed E-state index contributed by atoms with van der Waals surface area (Å²) >= 11 is 0. The van der Waals surface area contributed by atoms with Crippen LogP contribution < -0.4 is 5.32 Å². The molecule has 0 unspecified atom stereocenters. The number of hydrogen-bond donors (Lipinski definition) is 1. The van der Waals surface area contributed by atoms with E-state index in [0.29, 0.717) is 5.41 Å². The van der Waals surface area contributed by atoms with E-state index in [2.05, 4.69) is 10.3 Å². The lowest BCUT2D eigenvalue weighted by atomic mass is 9.78. The number of pyridine rings is 1. The van der Waals surface area contributed by atoms with E-state index in [9.17, 15) is 4.79 Å². The summed E-state index contributed by atoms with van der Waals surface area (Å²) in [6.07, 6.45) is 8.73. The second-order valence-corrected chi connectivity index (χ2v) is 5.74. The number of nitrogens with one attached hydrogen (secondary N) is 1.